The van der Waals surface area contributed by atoms with Gasteiger partial charge in [-0.3, -0.25) is 28.4 Å². The first-order valence-corrected chi connectivity index (χ1v) is 27.0. The minimum atomic E-state index is -4.44. The summed E-state index contributed by atoms with van der Waals surface area (Å²) in [6.45, 7) is 10.7. The van der Waals surface area contributed by atoms with E-state index in [1.54, 1.807) is 52.0 Å². The number of aromatic nitrogens is 7. The van der Waals surface area contributed by atoms with Crippen molar-refractivity contribution in [3.05, 3.63) is 113 Å². The zero-order valence-electron chi connectivity index (χ0n) is 44.0. The van der Waals surface area contributed by atoms with Crippen LogP contribution in [-0.2, 0) is 40.6 Å². The Balaban J connectivity index is 0.721. The number of aryl methyl sites for hydroxylation is 4. The number of aliphatic hydroxyl groups is 1. The molecule has 0 unspecified atom stereocenters. The molecule has 0 spiro atoms. The molecule has 4 N–H and O–H groups in total. The highest BCUT2D eigenvalue weighted by atomic mass is 32.1. The lowest BCUT2D eigenvalue weighted by molar-refractivity contribution is -0.144. The van der Waals surface area contributed by atoms with E-state index in [-0.39, 0.29) is 43.1 Å². The summed E-state index contributed by atoms with van der Waals surface area (Å²) < 4.78 is 45.2. The van der Waals surface area contributed by atoms with Crippen molar-refractivity contribution in [1.29, 1.82) is 0 Å². The Morgan fingerprint density at radius 2 is 1.61 bits per heavy atom. The van der Waals surface area contributed by atoms with Crippen molar-refractivity contribution in [3.8, 4) is 16.1 Å². The molecule has 1 aliphatic heterocycles. The number of fused-ring (bicyclic) bond motifs is 3. The minimum Gasteiger partial charge on any atom is -0.391 e. The number of aliphatic hydroxyl groups excluding tert-OH is 1. The second kappa shape index (κ2) is 24.0. The third kappa shape index (κ3) is 13.2. The van der Waals surface area contributed by atoms with Crippen molar-refractivity contribution in [2.45, 2.75) is 142 Å². The minimum absolute atomic E-state index is 0.00202. The number of β-amino-alcohol motifs (C(OH)–C–C–N with tert-alkyl or cyclic N) is 1. The highest BCUT2D eigenvalue weighted by Crippen LogP contribution is 2.35. The molecule has 0 bridgehead atoms. The highest BCUT2D eigenvalue weighted by Gasteiger charge is 2.44. The monoisotopic (exact) mass is 1060 g/mol. The van der Waals surface area contributed by atoms with Gasteiger partial charge in [0.1, 0.15) is 12.1 Å². The van der Waals surface area contributed by atoms with Gasteiger partial charge < -0.3 is 26.0 Å². The average Bonchev–Trinajstić information content (AvgIpc) is 4.23. The zero-order valence-corrected chi connectivity index (χ0v) is 44.8. The van der Waals surface area contributed by atoms with Crippen LogP contribution in [0.5, 0.6) is 0 Å². The predicted molar refractivity (Wildman–Crippen MR) is 287 cm³/mol. The lowest BCUT2D eigenvalue weighted by atomic mass is 9.85. The van der Waals surface area contributed by atoms with Crippen molar-refractivity contribution in [2.75, 3.05) is 13.1 Å². The van der Waals surface area contributed by atoms with E-state index >= 15 is 0 Å². The first-order chi connectivity index (χ1) is 36.3. The topological polar surface area (TPSA) is 194 Å². The van der Waals surface area contributed by atoms with Crippen LogP contribution in [0.1, 0.15) is 131 Å². The number of carbonyl (C=O) groups is 4. The number of alkyl halides is 3. The first kappa shape index (κ1) is 55.3. The molecule has 3 aromatic carbocycles. The van der Waals surface area contributed by atoms with E-state index in [2.05, 4.69) is 36.3 Å². The summed E-state index contributed by atoms with van der Waals surface area (Å²) in [5.74, 6) is -1.19. The Morgan fingerprint density at radius 1 is 0.882 bits per heavy atom. The number of unbranched alkanes of at least 4 members (excludes halogenated alkanes) is 6. The second-order valence-electron chi connectivity index (χ2n) is 21.1. The third-order valence-corrected chi connectivity index (χ3v) is 15.2. The van der Waals surface area contributed by atoms with E-state index in [0.29, 0.717) is 29.9 Å². The number of nitrogens with one attached hydrogen (secondary N) is 3. The van der Waals surface area contributed by atoms with Crippen molar-refractivity contribution in [3.63, 3.8) is 0 Å². The van der Waals surface area contributed by atoms with Crippen LogP contribution in [0, 0.1) is 12.3 Å². The quantitative estimate of drug-likeness (QED) is 0.0479. The first-order valence-electron chi connectivity index (χ1n) is 26.2. The predicted octanol–water partition coefficient (Wildman–Crippen LogP) is 9.41. The molecular formula is C56H68F3N11O5S. The maximum atomic E-state index is 14.2. The average molecular weight is 1060 g/mol. The largest absolute Gasteiger partial charge is 0.416 e. The van der Waals surface area contributed by atoms with E-state index < -0.39 is 41.2 Å². The Hall–Kier alpha value is -6.93. The van der Waals surface area contributed by atoms with Gasteiger partial charge in [0.25, 0.3) is 5.91 Å². The SMILES string of the molecule is Cc1ncsc1-c1ccc([C@H](C)NC(=O)[C@@H]2C[C@@H](O)CN2C(=O)[C@@H](NC(=O)CCCCCc2cnnn2CCCCCCCNC(=O)c2ccc3c(c2)c2cn(C)nc2n3-c2ccc(C(F)(F)F)cc2)C(C)(C)C)cc1. The molecule has 0 radical (unpaired) electrons. The lowest BCUT2D eigenvalue weighted by Crippen LogP contribution is -2.57. The molecule has 4 atom stereocenters. The van der Waals surface area contributed by atoms with Crippen LogP contribution in [0.3, 0.4) is 0 Å². The van der Waals surface area contributed by atoms with Gasteiger partial charge in [0.2, 0.25) is 17.7 Å². The lowest BCUT2D eigenvalue weighted by Gasteiger charge is -2.35. The molecular weight excluding hydrogens is 996 g/mol. The fourth-order valence-electron chi connectivity index (χ4n) is 9.99. The van der Waals surface area contributed by atoms with Crippen LogP contribution in [0.4, 0.5) is 13.2 Å². The molecule has 5 heterocycles. The fourth-order valence-corrected chi connectivity index (χ4v) is 10.8. The number of benzene rings is 3. The van der Waals surface area contributed by atoms with Gasteiger partial charge in [-0.25, -0.2) is 9.67 Å². The van der Waals surface area contributed by atoms with Crippen LogP contribution in [0.25, 0.3) is 38.1 Å². The van der Waals surface area contributed by atoms with Crippen LogP contribution < -0.4 is 16.0 Å². The molecule has 4 amide bonds. The van der Waals surface area contributed by atoms with Gasteiger partial charge in [0, 0.05) is 67.7 Å². The highest BCUT2D eigenvalue weighted by molar-refractivity contribution is 7.13. The molecule has 20 heteroatoms. The molecule has 1 saturated heterocycles. The molecule has 7 aromatic rings. The number of hydrogen-bond acceptors (Lipinski definition) is 10. The summed E-state index contributed by atoms with van der Waals surface area (Å²) >= 11 is 1.57. The molecule has 0 saturated carbocycles. The summed E-state index contributed by atoms with van der Waals surface area (Å²) in [7, 11) is 1.77. The molecule has 16 nitrogen and oxygen atoms in total. The van der Waals surface area contributed by atoms with Crippen molar-refractivity contribution >= 4 is 56.9 Å². The van der Waals surface area contributed by atoms with Gasteiger partial charge in [0.15, 0.2) is 5.65 Å². The number of rotatable bonds is 22. The molecule has 4 aromatic heterocycles. The van der Waals surface area contributed by atoms with E-state index in [9.17, 15) is 37.5 Å². The summed E-state index contributed by atoms with van der Waals surface area (Å²) in [6.07, 6.45) is 6.34. The Kier molecular flexibility index (Phi) is 17.4. The standard InChI is InChI=1S/C56H68F3N11O5S/c1-35(37-17-19-38(20-18-37)49-36(2)61-34-76-49)63-53(74)47-30-43(71)32-68(47)54(75)50(55(3,4)5)64-48(72)16-12-10-11-15-42-31-62-66-69(42)28-14-9-7-8-13-27-60-52(73)39-21-26-46-44(29-39)45-33-67(6)65-51(45)70(46)41-24-22-40(23-25-41)56(57,58)59/h17-26,29,31,33-35,43,47,50,71H,7-16,27-28,30,32H2,1-6H3,(H,60,73)(H,63,74)(H,64,72)/t35-,43+,47-,50+/m0/s1. The number of halogens is 3. The molecule has 404 valence electrons. The van der Waals surface area contributed by atoms with Crippen LogP contribution >= 0.6 is 11.3 Å². The molecule has 1 fully saturated rings. The number of thiazole rings is 1. The van der Waals surface area contributed by atoms with Gasteiger partial charge in [-0.2, -0.15) is 18.3 Å². The van der Waals surface area contributed by atoms with Gasteiger partial charge >= 0.3 is 6.18 Å². The van der Waals surface area contributed by atoms with Gasteiger partial charge in [0.05, 0.1) is 51.2 Å². The fraction of sp³-hybridized carbons (Fsp3) is 0.464. The van der Waals surface area contributed by atoms with Gasteiger partial charge in [-0.1, -0.05) is 75.9 Å². The second-order valence-corrected chi connectivity index (χ2v) is 21.9. The summed E-state index contributed by atoms with van der Waals surface area (Å²) in [6, 6.07) is 16.1. The normalized spacial score (nSPS) is 15.8. The number of carbonyl (C=O) groups excluding carboxylic acids is 4. The van der Waals surface area contributed by atoms with Crippen molar-refractivity contribution in [2.24, 2.45) is 12.5 Å². The van der Waals surface area contributed by atoms with E-state index in [0.717, 1.165) is 114 Å². The summed E-state index contributed by atoms with van der Waals surface area (Å²) in [5, 5.41) is 34.3. The number of likely N-dealkylation sites (tertiary alicyclic amines) is 1. The van der Waals surface area contributed by atoms with Crippen molar-refractivity contribution < 1.29 is 37.5 Å². The Labute approximate surface area is 444 Å². The van der Waals surface area contributed by atoms with Crippen LogP contribution in [-0.4, -0.2) is 99.2 Å². The Morgan fingerprint density at radius 3 is 2.32 bits per heavy atom. The van der Waals surface area contributed by atoms with Crippen LogP contribution in [0.15, 0.2) is 84.6 Å². The van der Waals surface area contributed by atoms with E-state index in [4.69, 9.17) is 0 Å². The molecule has 8 rings (SSSR count). The molecule has 1 aliphatic rings. The van der Waals surface area contributed by atoms with Crippen LogP contribution in [0.2, 0.25) is 0 Å². The van der Waals surface area contributed by atoms with E-state index in [1.807, 2.05) is 75.3 Å². The van der Waals surface area contributed by atoms with E-state index in [1.165, 1.54) is 17.0 Å². The van der Waals surface area contributed by atoms with Gasteiger partial charge in [-0.15, -0.1) is 16.4 Å². The maximum Gasteiger partial charge on any atom is 0.416 e. The Bertz CT molecular complexity index is 3140. The van der Waals surface area contributed by atoms with Gasteiger partial charge in [-0.05, 0) is 105 Å². The zero-order chi connectivity index (χ0) is 54.3. The maximum absolute atomic E-state index is 14.2. The molecule has 0 aliphatic carbocycles. The summed E-state index contributed by atoms with van der Waals surface area (Å²) in [4.78, 5) is 61.3. The number of nitrogens with zero attached hydrogens (tertiary/aromatic N) is 8. The smallest absolute Gasteiger partial charge is 0.391 e. The van der Waals surface area contributed by atoms with Crippen molar-refractivity contribution in [1.82, 2.24) is 55.2 Å². The number of amides is 4. The molecule has 76 heavy (non-hydrogen) atoms. The summed E-state index contributed by atoms with van der Waals surface area (Å²) in [5.41, 5.74) is 6.72. The number of hydrogen-bond donors (Lipinski definition) is 4. The third-order valence-electron chi connectivity index (χ3n) is 14.2.